The monoisotopic (exact) mass is 431 g/mol. The lowest BCUT2D eigenvalue weighted by Crippen LogP contribution is -2.49. The van der Waals surface area contributed by atoms with Crippen LogP contribution in [0.2, 0.25) is 0 Å². The number of likely N-dealkylation sites (tertiary alicyclic amines) is 1. The van der Waals surface area contributed by atoms with Crippen molar-refractivity contribution < 1.29 is 19.4 Å². The highest BCUT2D eigenvalue weighted by Gasteiger charge is 2.30. The second-order valence-corrected chi connectivity index (χ2v) is 9.01. The standard InChI is InChI=1S/C24H37N3O4/c1-30-21-6-7-23(31-20-8-10-26(11-9-20)19-4-2-3-5-19)22(18-21)24(29)27-14-12-25(13-15-27)16-17-28/h6-7,18-20,28H,2-5,8-17H2,1H3. The van der Waals surface area contributed by atoms with Gasteiger partial charge in [0.25, 0.3) is 5.91 Å². The first-order valence-electron chi connectivity index (χ1n) is 11.9. The first-order valence-corrected chi connectivity index (χ1v) is 11.9. The topological polar surface area (TPSA) is 65.5 Å². The fourth-order valence-corrected chi connectivity index (χ4v) is 5.20. The number of piperidine rings is 1. The van der Waals surface area contributed by atoms with Crippen LogP contribution in [0.1, 0.15) is 48.9 Å². The van der Waals surface area contributed by atoms with Crippen molar-refractivity contribution in [1.29, 1.82) is 0 Å². The Bertz CT molecular complexity index is 722. The molecular formula is C24H37N3O4. The van der Waals surface area contributed by atoms with Crippen molar-refractivity contribution in [2.45, 2.75) is 50.7 Å². The first kappa shape index (κ1) is 22.4. The molecule has 1 N–H and O–H groups in total. The quantitative estimate of drug-likeness (QED) is 0.714. The lowest BCUT2D eigenvalue weighted by Gasteiger charge is -2.37. The molecule has 2 heterocycles. The molecule has 1 aromatic carbocycles. The zero-order chi connectivity index (χ0) is 21.6. The van der Waals surface area contributed by atoms with E-state index in [0.717, 1.165) is 45.1 Å². The normalized spacial score (nSPS) is 22.1. The minimum absolute atomic E-state index is 0.000870. The van der Waals surface area contributed by atoms with E-state index < -0.39 is 0 Å². The van der Waals surface area contributed by atoms with E-state index >= 15 is 0 Å². The predicted octanol–water partition coefficient (Wildman–Crippen LogP) is 2.23. The van der Waals surface area contributed by atoms with Crippen LogP contribution in [0.5, 0.6) is 11.5 Å². The van der Waals surface area contributed by atoms with Gasteiger partial charge in [-0.1, -0.05) is 12.8 Å². The molecule has 3 fully saturated rings. The Kier molecular flexibility index (Phi) is 7.69. The van der Waals surface area contributed by atoms with Crippen LogP contribution in [0.15, 0.2) is 18.2 Å². The van der Waals surface area contributed by atoms with Crippen LogP contribution in [0.25, 0.3) is 0 Å². The van der Waals surface area contributed by atoms with Crippen molar-refractivity contribution in [3.05, 3.63) is 23.8 Å². The number of methoxy groups -OCH3 is 1. The Hall–Kier alpha value is -1.83. The molecule has 1 aromatic rings. The Labute approximate surface area is 185 Å². The van der Waals surface area contributed by atoms with Gasteiger partial charge >= 0.3 is 0 Å². The summed E-state index contributed by atoms with van der Waals surface area (Å²) in [5.41, 5.74) is 0.591. The lowest BCUT2D eigenvalue weighted by molar-refractivity contribution is 0.0589. The number of aliphatic hydroxyl groups is 1. The number of rotatable bonds is 7. The minimum Gasteiger partial charge on any atom is -0.497 e. The maximum Gasteiger partial charge on any atom is 0.257 e. The third-order valence-electron chi connectivity index (χ3n) is 7.10. The van der Waals surface area contributed by atoms with E-state index in [1.807, 2.05) is 23.1 Å². The van der Waals surface area contributed by atoms with Gasteiger partial charge in [0.05, 0.1) is 19.3 Å². The fourth-order valence-electron chi connectivity index (χ4n) is 5.20. The van der Waals surface area contributed by atoms with E-state index in [1.165, 1.54) is 25.7 Å². The average molecular weight is 432 g/mol. The summed E-state index contributed by atoms with van der Waals surface area (Å²) in [5.74, 6) is 1.34. The van der Waals surface area contributed by atoms with E-state index in [1.54, 1.807) is 7.11 Å². The molecule has 172 valence electrons. The van der Waals surface area contributed by atoms with Crippen LogP contribution in [-0.4, -0.2) is 97.4 Å². The Morgan fingerprint density at radius 2 is 1.74 bits per heavy atom. The number of aliphatic hydroxyl groups excluding tert-OH is 1. The van der Waals surface area contributed by atoms with Gasteiger partial charge in [0.15, 0.2) is 0 Å². The second kappa shape index (κ2) is 10.7. The van der Waals surface area contributed by atoms with Gasteiger partial charge in [0, 0.05) is 51.9 Å². The number of β-amino-alcohol motifs (C(OH)–C–C–N with tert-alkyl or cyclic N) is 1. The number of nitrogens with zero attached hydrogens (tertiary/aromatic N) is 3. The highest BCUT2D eigenvalue weighted by molar-refractivity contribution is 5.97. The van der Waals surface area contributed by atoms with Crippen LogP contribution < -0.4 is 9.47 Å². The summed E-state index contributed by atoms with van der Waals surface area (Å²) in [5, 5.41) is 9.14. The Morgan fingerprint density at radius 1 is 1.03 bits per heavy atom. The zero-order valence-corrected chi connectivity index (χ0v) is 18.8. The molecule has 31 heavy (non-hydrogen) atoms. The third kappa shape index (κ3) is 5.51. The molecule has 2 saturated heterocycles. The fraction of sp³-hybridized carbons (Fsp3) is 0.708. The molecule has 0 atom stereocenters. The van der Waals surface area contributed by atoms with Crippen molar-refractivity contribution >= 4 is 5.91 Å². The summed E-state index contributed by atoms with van der Waals surface area (Å²) in [4.78, 5) is 20.0. The third-order valence-corrected chi connectivity index (χ3v) is 7.10. The molecule has 3 aliphatic rings. The highest BCUT2D eigenvalue weighted by atomic mass is 16.5. The van der Waals surface area contributed by atoms with E-state index in [9.17, 15) is 4.79 Å². The molecule has 0 aromatic heterocycles. The van der Waals surface area contributed by atoms with Crippen molar-refractivity contribution in [3.8, 4) is 11.5 Å². The molecule has 0 bridgehead atoms. The van der Waals surface area contributed by atoms with Crippen LogP contribution >= 0.6 is 0 Å². The molecule has 4 rings (SSSR count). The van der Waals surface area contributed by atoms with Crippen LogP contribution in [0.3, 0.4) is 0 Å². The summed E-state index contributed by atoms with van der Waals surface area (Å²) in [7, 11) is 1.62. The van der Waals surface area contributed by atoms with Gasteiger partial charge in [-0.15, -0.1) is 0 Å². The summed E-state index contributed by atoms with van der Waals surface area (Å²) in [6.07, 6.45) is 7.59. The maximum absolute atomic E-state index is 13.3. The Balaban J connectivity index is 1.39. The van der Waals surface area contributed by atoms with Gasteiger partial charge in [-0.3, -0.25) is 9.69 Å². The van der Waals surface area contributed by atoms with E-state index in [4.69, 9.17) is 14.6 Å². The molecule has 0 spiro atoms. The summed E-state index contributed by atoms with van der Waals surface area (Å²) < 4.78 is 11.8. The molecule has 0 radical (unpaired) electrons. The van der Waals surface area contributed by atoms with Crippen molar-refractivity contribution in [3.63, 3.8) is 0 Å². The number of ether oxygens (including phenoxy) is 2. The molecule has 1 amide bonds. The number of benzene rings is 1. The zero-order valence-electron chi connectivity index (χ0n) is 18.8. The SMILES string of the molecule is COc1ccc(OC2CCN(C3CCCC3)CC2)c(C(=O)N2CCN(CCO)CC2)c1. The molecule has 2 aliphatic heterocycles. The summed E-state index contributed by atoms with van der Waals surface area (Å²) >= 11 is 0. The summed E-state index contributed by atoms with van der Waals surface area (Å²) in [6.45, 7) is 5.88. The number of piperazine rings is 1. The van der Waals surface area contributed by atoms with Crippen LogP contribution in [-0.2, 0) is 0 Å². The molecule has 0 unspecified atom stereocenters. The number of hydrogen-bond acceptors (Lipinski definition) is 6. The molecule has 1 aliphatic carbocycles. The number of carbonyl (C=O) groups excluding carboxylic acids is 1. The van der Waals surface area contributed by atoms with E-state index in [0.29, 0.717) is 36.7 Å². The van der Waals surface area contributed by atoms with Gasteiger partial charge in [-0.2, -0.15) is 0 Å². The number of amides is 1. The van der Waals surface area contributed by atoms with Gasteiger partial charge < -0.3 is 24.4 Å². The average Bonchev–Trinajstić information content (AvgIpc) is 3.35. The molecule has 1 saturated carbocycles. The minimum atomic E-state index is 0.000870. The van der Waals surface area contributed by atoms with Crippen molar-refractivity contribution in [1.82, 2.24) is 14.7 Å². The smallest absolute Gasteiger partial charge is 0.257 e. The van der Waals surface area contributed by atoms with Crippen LogP contribution in [0.4, 0.5) is 0 Å². The predicted molar refractivity (Wildman–Crippen MR) is 120 cm³/mol. The molecular weight excluding hydrogens is 394 g/mol. The van der Waals surface area contributed by atoms with Crippen molar-refractivity contribution in [2.24, 2.45) is 0 Å². The number of hydrogen-bond donors (Lipinski definition) is 1. The van der Waals surface area contributed by atoms with Gasteiger partial charge in [0.2, 0.25) is 0 Å². The molecule has 7 nitrogen and oxygen atoms in total. The number of carbonyl (C=O) groups is 1. The van der Waals surface area contributed by atoms with Crippen molar-refractivity contribution in [2.75, 3.05) is 59.5 Å². The van der Waals surface area contributed by atoms with Gasteiger partial charge in [0.1, 0.15) is 17.6 Å². The largest absolute Gasteiger partial charge is 0.497 e. The van der Waals surface area contributed by atoms with Gasteiger partial charge in [-0.05, 0) is 43.9 Å². The highest BCUT2D eigenvalue weighted by Crippen LogP contribution is 2.31. The van der Waals surface area contributed by atoms with Gasteiger partial charge in [-0.25, -0.2) is 0 Å². The lowest BCUT2D eigenvalue weighted by atomic mass is 10.0. The Morgan fingerprint density at radius 3 is 2.39 bits per heavy atom. The first-order chi connectivity index (χ1) is 15.2. The second-order valence-electron chi connectivity index (χ2n) is 9.01. The maximum atomic E-state index is 13.3. The molecule has 7 heteroatoms. The van der Waals surface area contributed by atoms with E-state index in [2.05, 4.69) is 9.80 Å². The van der Waals surface area contributed by atoms with E-state index in [-0.39, 0.29) is 18.6 Å². The summed E-state index contributed by atoms with van der Waals surface area (Å²) in [6, 6.07) is 6.34. The van der Waals surface area contributed by atoms with Crippen LogP contribution in [0, 0.1) is 0 Å².